The van der Waals surface area contributed by atoms with E-state index in [1.807, 2.05) is 36.4 Å². The van der Waals surface area contributed by atoms with Crippen molar-refractivity contribution in [3.8, 4) is 11.5 Å². The fourth-order valence-corrected chi connectivity index (χ4v) is 2.81. The highest BCUT2D eigenvalue weighted by atomic mass is 127. The molecule has 0 spiro atoms. The van der Waals surface area contributed by atoms with E-state index in [2.05, 4.69) is 34.5 Å². The Bertz CT molecular complexity index is 941. The van der Waals surface area contributed by atoms with Gasteiger partial charge in [-0.15, -0.1) is 24.0 Å². The van der Waals surface area contributed by atoms with Gasteiger partial charge in [0.25, 0.3) is 0 Å². The standard InChI is InChI=1S/C22H25FN4O.HI/c1-22(2,17-10-7-11-18(23)12-17)15-26-21(24-3)25-13-19-14-28-20(27-19)16-8-5-4-6-9-16;/h4-12,14H,13,15H2,1-3H3,(H2,24,25,26);1H. The minimum atomic E-state index is -0.256. The number of oxazole rings is 1. The Morgan fingerprint density at radius 2 is 1.86 bits per heavy atom. The number of hydrogen-bond donors (Lipinski definition) is 2. The zero-order valence-electron chi connectivity index (χ0n) is 16.8. The summed E-state index contributed by atoms with van der Waals surface area (Å²) in [6.45, 7) is 5.21. The molecule has 154 valence electrons. The molecule has 1 aromatic heterocycles. The summed E-state index contributed by atoms with van der Waals surface area (Å²) in [6.07, 6.45) is 1.64. The maximum absolute atomic E-state index is 13.5. The molecule has 0 saturated heterocycles. The first-order valence-electron chi connectivity index (χ1n) is 9.18. The Morgan fingerprint density at radius 1 is 1.10 bits per heavy atom. The summed E-state index contributed by atoms with van der Waals surface area (Å²) >= 11 is 0. The van der Waals surface area contributed by atoms with Crippen molar-refractivity contribution in [3.63, 3.8) is 0 Å². The highest BCUT2D eigenvalue weighted by molar-refractivity contribution is 14.0. The molecule has 0 radical (unpaired) electrons. The van der Waals surface area contributed by atoms with Crippen molar-refractivity contribution >= 4 is 29.9 Å². The summed E-state index contributed by atoms with van der Waals surface area (Å²) in [6, 6.07) is 16.4. The lowest BCUT2D eigenvalue weighted by molar-refractivity contribution is 0.503. The number of rotatable bonds is 6. The first kappa shape index (κ1) is 22.9. The van der Waals surface area contributed by atoms with Crippen LogP contribution in [0, 0.1) is 5.82 Å². The minimum Gasteiger partial charge on any atom is -0.444 e. The van der Waals surface area contributed by atoms with Crippen molar-refractivity contribution in [2.24, 2.45) is 4.99 Å². The van der Waals surface area contributed by atoms with Gasteiger partial charge in [0.2, 0.25) is 5.89 Å². The lowest BCUT2D eigenvalue weighted by Crippen LogP contribution is -2.43. The molecule has 0 aliphatic carbocycles. The van der Waals surface area contributed by atoms with Gasteiger partial charge in [-0.1, -0.05) is 44.2 Å². The first-order chi connectivity index (χ1) is 13.5. The smallest absolute Gasteiger partial charge is 0.226 e. The molecule has 2 N–H and O–H groups in total. The van der Waals surface area contributed by atoms with Crippen LogP contribution in [0.5, 0.6) is 0 Å². The van der Waals surface area contributed by atoms with Crippen LogP contribution < -0.4 is 10.6 Å². The summed E-state index contributed by atoms with van der Waals surface area (Å²) in [5.41, 5.74) is 2.40. The minimum absolute atomic E-state index is 0. The van der Waals surface area contributed by atoms with Crippen molar-refractivity contribution < 1.29 is 8.81 Å². The molecule has 0 aliphatic rings. The van der Waals surface area contributed by atoms with Gasteiger partial charge in [-0.25, -0.2) is 9.37 Å². The molecule has 0 aliphatic heterocycles. The zero-order chi connectivity index (χ0) is 20.0. The number of nitrogens with zero attached hydrogens (tertiary/aromatic N) is 2. The maximum Gasteiger partial charge on any atom is 0.226 e. The van der Waals surface area contributed by atoms with Gasteiger partial charge in [-0.05, 0) is 29.8 Å². The fourth-order valence-electron chi connectivity index (χ4n) is 2.81. The topological polar surface area (TPSA) is 62.5 Å². The second-order valence-corrected chi connectivity index (χ2v) is 7.18. The number of guanidine groups is 1. The van der Waals surface area contributed by atoms with Gasteiger partial charge in [0.05, 0.1) is 12.2 Å². The van der Waals surface area contributed by atoms with Crippen LogP contribution in [-0.4, -0.2) is 24.5 Å². The van der Waals surface area contributed by atoms with E-state index in [4.69, 9.17) is 4.42 Å². The SMILES string of the molecule is CN=C(NCc1coc(-c2ccccc2)n1)NCC(C)(C)c1cccc(F)c1.I. The Balaban J connectivity index is 0.00000300. The molecule has 7 heteroatoms. The summed E-state index contributed by atoms with van der Waals surface area (Å²) in [5.74, 6) is 1.01. The normalized spacial score (nSPS) is 11.7. The monoisotopic (exact) mass is 508 g/mol. The molecular formula is C22H26FIN4O. The Morgan fingerprint density at radius 3 is 2.55 bits per heavy atom. The predicted octanol–water partition coefficient (Wildman–Crippen LogP) is 4.74. The molecule has 1 heterocycles. The lowest BCUT2D eigenvalue weighted by atomic mass is 9.84. The van der Waals surface area contributed by atoms with Crippen molar-refractivity contribution in [1.82, 2.24) is 15.6 Å². The van der Waals surface area contributed by atoms with E-state index in [-0.39, 0.29) is 35.2 Å². The second-order valence-electron chi connectivity index (χ2n) is 7.18. The van der Waals surface area contributed by atoms with Crippen LogP contribution in [0.25, 0.3) is 11.5 Å². The van der Waals surface area contributed by atoms with E-state index in [1.54, 1.807) is 25.4 Å². The van der Waals surface area contributed by atoms with Crippen molar-refractivity contribution in [2.45, 2.75) is 25.8 Å². The van der Waals surface area contributed by atoms with Gasteiger partial charge in [-0.2, -0.15) is 0 Å². The van der Waals surface area contributed by atoms with Crippen LogP contribution in [0.15, 0.2) is 70.3 Å². The van der Waals surface area contributed by atoms with Crippen LogP contribution >= 0.6 is 24.0 Å². The molecular weight excluding hydrogens is 482 g/mol. The summed E-state index contributed by atoms with van der Waals surface area (Å²) in [5, 5.41) is 6.52. The van der Waals surface area contributed by atoms with Gasteiger partial charge in [0.1, 0.15) is 12.1 Å². The van der Waals surface area contributed by atoms with Crippen molar-refractivity contribution in [3.05, 3.63) is 77.9 Å². The van der Waals surface area contributed by atoms with E-state index in [1.165, 1.54) is 6.07 Å². The van der Waals surface area contributed by atoms with Crippen LogP contribution in [0.1, 0.15) is 25.1 Å². The largest absolute Gasteiger partial charge is 0.444 e. The highest BCUT2D eigenvalue weighted by Crippen LogP contribution is 2.23. The molecule has 3 rings (SSSR count). The van der Waals surface area contributed by atoms with E-state index >= 15 is 0 Å². The summed E-state index contributed by atoms with van der Waals surface area (Å²) in [7, 11) is 1.71. The van der Waals surface area contributed by atoms with Crippen LogP contribution in [0.4, 0.5) is 4.39 Å². The summed E-state index contributed by atoms with van der Waals surface area (Å²) in [4.78, 5) is 8.74. The quantitative estimate of drug-likeness (QED) is 0.287. The molecule has 0 unspecified atom stereocenters. The Labute approximate surface area is 187 Å². The molecule has 0 fully saturated rings. The van der Waals surface area contributed by atoms with E-state index in [0.717, 1.165) is 16.8 Å². The third kappa shape index (κ3) is 6.28. The molecule has 0 amide bonds. The highest BCUT2D eigenvalue weighted by Gasteiger charge is 2.21. The van der Waals surface area contributed by atoms with E-state index in [0.29, 0.717) is 24.9 Å². The number of halogens is 2. The van der Waals surface area contributed by atoms with Gasteiger partial charge >= 0.3 is 0 Å². The van der Waals surface area contributed by atoms with Gasteiger partial charge < -0.3 is 15.1 Å². The Kier molecular flexibility index (Phi) is 8.19. The fraction of sp³-hybridized carbons (Fsp3) is 0.273. The van der Waals surface area contributed by atoms with E-state index < -0.39 is 0 Å². The van der Waals surface area contributed by atoms with Crippen LogP contribution in [0.3, 0.4) is 0 Å². The average molecular weight is 508 g/mol. The molecule has 3 aromatic rings. The van der Waals surface area contributed by atoms with Gasteiger partial charge in [0.15, 0.2) is 5.96 Å². The Hall–Kier alpha value is -2.42. The predicted molar refractivity (Wildman–Crippen MR) is 125 cm³/mol. The number of benzene rings is 2. The first-order valence-corrected chi connectivity index (χ1v) is 9.18. The average Bonchev–Trinajstić information content (AvgIpc) is 3.18. The number of aliphatic imine (C=N–C) groups is 1. The number of nitrogens with one attached hydrogen (secondary N) is 2. The number of aromatic nitrogens is 1. The van der Waals surface area contributed by atoms with Gasteiger partial charge in [-0.3, -0.25) is 4.99 Å². The summed E-state index contributed by atoms with van der Waals surface area (Å²) < 4.78 is 19.1. The molecule has 5 nitrogen and oxygen atoms in total. The third-order valence-corrected chi connectivity index (χ3v) is 4.54. The molecule has 0 saturated carbocycles. The molecule has 29 heavy (non-hydrogen) atoms. The zero-order valence-corrected chi connectivity index (χ0v) is 19.1. The van der Waals surface area contributed by atoms with Crippen molar-refractivity contribution in [1.29, 1.82) is 0 Å². The van der Waals surface area contributed by atoms with Crippen LogP contribution in [0.2, 0.25) is 0 Å². The van der Waals surface area contributed by atoms with Gasteiger partial charge in [0, 0.05) is 24.6 Å². The number of hydrogen-bond acceptors (Lipinski definition) is 3. The third-order valence-electron chi connectivity index (χ3n) is 4.54. The second kappa shape index (κ2) is 10.4. The van der Waals surface area contributed by atoms with Crippen molar-refractivity contribution in [2.75, 3.05) is 13.6 Å². The van der Waals surface area contributed by atoms with E-state index in [9.17, 15) is 4.39 Å². The molecule has 2 aromatic carbocycles. The lowest BCUT2D eigenvalue weighted by Gasteiger charge is -2.26. The molecule has 0 bridgehead atoms. The molecule has 0 atom stereocenters. The van der Waals surface area contributed by atoms with Crippen LogP contribution in [-0.2, 0) is 12.0 Å². The maximum atomic E-state index is 13.5.